The summed E-state index contributed by atoms with van der Waals surface area (Å²) in [5, 5.41) is 10.5. The Bertz CT molecular complexity index is 391. The summed E-state index contributed by atoms with van der Waals surface area (Å²) >= 11 is 7.44. The Morgan fingerprint density at radius 3 is 2.72 bits per heavy atom. The van der Waals surface area contributed by atoms with Crippen molar-refractivity contribution in [2.75, 3.05) is 38.6 Å². The van der Waals surface area contributed by atoms with Crippen LogP contribution >= 0.6 is 22.9 Å². The minimum atomic E-state index is -0.0292. The average Bonchev–Trinajstić information content (AvgIpc) is 2.73. The molecule has 1 N–H and O–H groups in total. The highest BCUT2D eigenvalue weighted by Crippen LogP contribution is 2.30. The number of nitrogens with zero attached hydrogens (tertiary/aromatic N) is 3. The van der Waals surface area contributed by atoms with Crippen molar-refractivity contribution in [3.8, 4) is 0 Å². The number of hydrogen-bond donors (Lipinski definition) is 1. The fourth-order valence-corrected chi connectivity index (χ4v) is 3.38. The van der Waals surface area contributed by atoms with Crippen molar-refractivity contribution in [1.29, 1.82) is 0 Å². The quantitative estimate of drug-likeness (QED) is 0.921. The molecule has 1 aromatic heterocycles. The normalized spacial score (nSPS) is 18.2. The smallest absolute Gasteiger partial charge is 0.186 e. The van der Waals surface area contributed by atoms with E-state index >= 15 is 0 Å². The van der Waals surface area contributed by atoms with Gasteiger partial charge in [-0.3, -0.25) is 0 Å². The van der Waals surface area contributed by atoms with Gasteiger partial charge in [-0.15, -0.1) is 0 Å². The molecular formula is C12H20ClN3OS. The topological polar surface area (TPSA) is 39.6 Å². The van der Waals surface area contributed by atoms with Crippen LogP contribution in [-0.4, -0.2) is 48.7 Å². The van der Waals surface area contributed by atoms with Gasteiger partial charge in [-0.2, -0.15) is 0 Å². The lowest BCUT2D eigenvalue weighted by molar-refractivity contribution is 0.222. The van der Waals surface area contributed by atoms with Crippen LogP contribution in [0.5, 0.6) is 0 Å². The van der Waals surface area contributed by atoms with Crippen LogP contribution in [-0.2, 0) is 6.61 Å². The summed E-state index contributed by atoms with van der Waals surface area (Å²) in [6, 6.07) is 0. The monoisotopic (exact) mass is 289 g/mol. The van der Waals surface area contributed by atoms with Gasteiger partial charge in [-0.05, 0) is 38.9 Å². The summed E-state index contributed by atoms with van der Waals surface area (Å²) in [7, 11) is 4.22. The largest absolute Gasteiger partial charge is 0.391 e. The number of thiazole rings is 1. The lowest BCUT2D eigenvalue weighted by Crippen LogP contribution is -2.35. The van der Waals surface area contributed by atoms with E-state index in [0.29, 0.717) is 5.15 Å². The van der Waals surface area contributed by atoms with Gasteiger partial charge in [0.1, 0.15) is 5.15 Å². The van der Waals surface area contributed by atoms with Gasteiger partial charge >= 0.3 is 0 Å². The van der Waals surface area contributed by atoms with Gasteiger partial charge in [-0.25, -0.2) is 4.98 Å². The van der Waals surface area contributed by atoms with E-state index in [1.807, 2.05) is 0 Å². The highest BCUT2D eigenvalue weighted by atomic mass is 35.5. The molecule has 0 atom stereocenters. The summed E-state index contributed by atoms with van der Waals surface area (Å²) in [5.41, 5.74) is 0. The highest BCUT2D eigenvalue weighted by Gasteiger charge is 2.20. The molecule has 0 bridgehead atoms. The zero-order valence-corrected chi connectivity index (χ0v) is 12.5. The zero-order chi connectivity index (χ0) is 13.1. The third-order valence-electron chi connectivity index (χ3n) is 3.48. The van der Waals surface area contributed by atoms with E-state index in [-0.39, 0.29) is 6.61 Å². The number of hydrogen-bond acceptors (Lipinski definition) is 5. The van der Waals surface area contributed by atoms with Gasteiger partial charge in [-0.1, -0.05) is 22.9 Å². The van der Waals surface area contributed by atoms with Crippen molar-refractivity contribution in [3.63, 3.8) is 0 Å². The van der Waals surface area contributed by atoms with E-state index in [0.717, 1.165) is 22.5 Å². The van der Waals surface area contributed by atoms with Crippen molar-refractivity contribution in [2.24, 2.45) is 5.92 Å². The maximum Gasteiger partial charge on any atom is 0.186 e. The minimum Gasteiger partial charge on any atom is -0.391 e. The molecule has 1 fully saturated rings. The molecule has 1 saturated heterocycles. The number of piperidine rings is 1. The lowest BCUT2D eigenvalue weighted by Gasteiger charge is -2.31. The van der Waals surface area contributed by atoms with Crippen molar-refractivity contribution in [1.82, 2.24) is 9.88 Å². The molecular weight excluding hydrogens is 270 g/mol. The van der Waals surface area contributed by atoms with Crippen molar-refractivity contribution in [2.45, 2.75) is 19.4 Å². The molecule has 6 heteroatoms. The van der Waals surface area contributed by atoms with Gasteiger partial charge < -0.3 is 14.9 Å². The first-order valence-corrected chi connectivity index (χ1v) is 7.45. The summed E-state index contributed by atoms with van der Waals surface area (Å²) in [4.78, 5) is 9.59. The fraction of sp³-hybridized carbons (Fsp3) is 0.750. The molecule has 102 valence electrons. The molecule has 0 spiro atoms. The average molecular weight is 290 g/mol. The first-order chi connectivity index (χ1) is 8.60. The minimum absolute atomic E-state index is 0.0292. The standard InChI is InChI=1S/C12H20ClN3OS/c1-15-5-3-9(4-6-15)7-16(2)12-14-11(13)10(8-17)18-12/h9,17H,3-8H2,1-2H3. The second kappa shape index (κ2) is 6.19. The fourth-order valence-electron chi connectivity index (χ4n) is 2.29. The molecule has 1 aliphatic heterocycles. The van der Waals surface area contributed by atoms with Crippen LogP contribution in [0.4, 0.5) is 5.13 Å². The summed E-state index contributed by atoms with van der Waals surface area (Å²) < 4.78 is 0. The predicted octanol–water partition coefficient (Wildman–Crippen LogP) is 2.07. The SMILES string of the molecule is CN1CCC(CN(C)c2nc(Cl)c(CO)s2)CC1. The Morgan fingerprint density at radius 1 is 1.50 bits per heavy atom. The highest BCUT2D eigenvalue weighted by molar-refractivity contribution is 7.16. The van der Waals surface area contributed by atoms with E-state index < -0.39 is 0 Å². The molecule has 0 aliphatic carbocycles. The summed E-state index contributed by atoms with van der Waals surface area (Å²) in [6.07, 6.45) is 2.49. The van der Waals surface area contributed by atoms with Crippen LogP contribution in [0.2, 0.25) is 5.15 Å². The maximum absolute atomic E-state index is 9.13. The molecule has 1 aromatic rings. The number of anilines is 1. The molecule has 2 heterocycles. The molecule has 0 amide bonds. The van der Waals surface area contributed by atoms with E-state index in [9.17, 15) is 0 Å². The number of aliphatic hydroxyl groups excluding tert-OH is 1. The Hall–Kier alpha value is -0.360. The first kappa shape index (κ1) is 14.1. The van der Waals surface area contributed by atoms with Crippen LogP contribution < -0.4 is 4.90 Å². The number of rotatable bonds is 4. The maximum atomic E-state index is 9.13. The lowest BCUT2D eigenvalue weighted by atomic mass is 9.97. The van der Waals surface area contributed by atoms with Crippen molar-refractivity contribution in [3.05, 3.63) is 10.0 Å². The van der Waals surface area contributed by atoms with Crippen LogP contribution in [0.15, 0.2) is 0 Å². The molecule has 0 aromatic carbocycles. The molecule has 4 nitrogen and oxygen atoms in total. The van der Waals surface area contributed by atoms with E-state index in [1.54, 1.807) is 0 Å². The second-order valence-corrected chi connectivity index (χ2v) is 6.42. The zero-order valence-electron chi connectivity index (χ0n) is 10.9. The summed E-state index contributed by atoms with van der Waals surface area (Å²) in [6.45, 7) is 3.35. The molecule has 0 radical (unpaired) electrons. The second-order valence-electron chi connectivity index (χ2n) is 5.00. The number of aliphatic hydroxyl groups is 1. The van der Waals surface area contributed by atoms with Gasteiger partial charge in [0, 0.05) is 13.6 Å². The molecule has 18 heavy (non-hydrogen) atoms. The number of likely N-dealkylation sites (tertiary alicyclic amines) is 1. The van der Waals surface area contributed by atoms with Crippen LogP contribution in [0.3, 0.4) is 0 Å². The van der Waals surface area contributed by atoms with Crippen LogP contribution in [0, 0.1) is 5.92 Å². The Kier molecular flexibility index (Phi) is 4.84. The molecule has 2 rings (SSSR count). The van der Waals surface area contributed by atoms with E-state index in [2.05, 4.69) is 28.9 Å². The van der Waals surface area contributed by atoms with Gasteiger partial charge in [0.25, 0.3) is 0 Å². The van der Waals surface area contributed by atoms with Crippen LogP contribution in [0.1, 0.15) is 17.7 Å². The number of halogens is 1. The van der Waals surface area contributed by atoms with Gasteiger partial charge in [0.2, 0.25) is 0 Å². The third-order valence-corrected chi connectivity index (χ3v) is 5.06. The molecule has 1 aliphatic rings. The van der Waals surface area contributed by atoms with E-state index in [1.165, 1.54) is 37.3 Å². The van der Waals surface area contributed by atoms with Gasteiger partial charge in [0.15, 0.2) is 5.13 Å². The Balaban J connectivity index is 1.92. The molecule has 0 saturated carbocycles. The van der Waals surface area contributed by atoms with Gasteiger partial charge in [0.05, 0.1) is 11.5 Å². The van der Waals surface area contributed by atoms with Crippen molar-refractivity contribution >= 4 is 28.1 Å². The Labute approximate surface area is 117 Å². The van der Waals surface area contributed by atoms with E-state index in [4.69, 9.17) is 16.7 Å². The third kappa shape index (κ3) is 3.35. The predicted molar refractivity (Wildman–Crippen MR) is 76.5 cm³/mol. The molecule has 0 unspecified atom stereocenters. The Morgan fingerprint density at radius 2 is 2.17 bits per heavy atom. The summed E-state index contributed by atoms with van der Waals surface area (Å²) in [5.74, 6) is 0.728. The van der Waals surface area contributed by atoms with Crippen LogP contribution in [0.25, 0.3) is 0 Å². The number of aromatic nitrogens is 1. The van der Waals surface area contributed by atoms with Crippen molar-refractivity contribution < 1.29 is 5.11 Å². The first-order valence-electron chi connectivity index (χ1n) is 6.26.